The monoisotopic (exact) mass is 320 g/mol. The molecule has 3 nitrogen and oxygen atoms in total. The number of ether oxygens (including phenoxy) is 1. The topological polar surface area (TPSA) is 46.5 Å². The van der Waals surface area contributed by atoms with Crippen LogP contribution in [0.15, 0.2) is 46.9 Å². The number of carbonyl (C=O) groups is 1. The second-order valence-electron chi connectivity index (χ2n) is 4.22. The Labute approximate surface area is 120 Å². The minimum atomic E-state index is -0.542. The van der Waals surface area contributed by atoms with E-state index in [1.54, 1.807) is 6.07 Å². The second-order valence-corrected chi connectivity index (χ2v) is 5.14. The van der Waals surface area contributed by atoms with Gasteiger partial charge >= 0.3 is 5.97 Å². The van der Waals surface area contributed by atoms with Crippen LogP contribution in [0.4, 0.5) is 0 Å². The van der Waals surface area contributed by atoms with Gasteiger partial charge in [0.25, 0.3) is 0 Å². The number of carbonyl (C=O) groups excluding carboxylic acids is 1. The number of benzene rings is 2. The van der Waals surface area contributed by atoms with E-state index >= 15 is 0 Å². The third-order valence-corrected chi connectivity index (χ3v) is 3.16. The molecule has 0 atom stereocenters. The molecule has 98 valence electrons. The van der Waals surface area contributed by atoms with Crippen molar-refractivity contribution in [1.82, 2.24) is 0 Å². The van der Waals surface area contributed by atoms with Crippen LogP contribution in [0.25, 0.3) is 0 Å². The van der Waals surface area contributed by atoms with Crippen molar-refractivity contribution in [1.29, 1.82) is 0 Å². The van der Waals surface area contributed by atoms with Crippen LogP contribution in [0.1, 0.15) is 21.5 Å². The fraction of sp³-hybridized carbons (Fsp3) is 0.133. The largest absolute Gasteiger partial charge is 0.507 e. The minimum absolute atomic E-state index is 0.0860. The Morgan fingerprint density at radius 1 is 1.21 bits per heavy atom. The van der Waals surface area contributed by atoms with E-state index < -0.39 is 5.97 Å². The van der Waals surface area contributed by atoms with Gasteiger partial charge in [-0.15, -0.1) is 0 Å². The first-order chi connectivity index (χ1) is 9.06. The number of rotatable bonds is 3. The maximum absolute atomic E-state index is 11.9. The molecule has 1 N–H and O–H groups in total. The molecular formula is C15H13BrO3. The highest BCUT2D eigenvalue weighted by Crippen LogP contribution is 2.22. The van der Waals surface area contributed by atoms with Crippen molar-refractivity contribution in [3.05, 3.63) is 63.6 Å². The molecule has 0 aliphatic heterocycles. The fourth-order valence-electron chi connectivity index (χ4n) is 1.58. The van der Waals surface area contributed by atoms with Crippen molar-refractivity contribution < 1.29 is 14.6 Å². The number of aromatic hydroxyl groups is 1. The van der Waals surface area contributed by atoms with Gasteiger partial charge in [-0.1, -0.05) is 45.8 Å². The first-order valence-electron chi connectivity index (χ1n) is 5.77. The molecular weight excluding hydrogens is 308 g/mol. The van der Waals surface area contributed by atoms with Crippen molar-refractivity contribution in [2.75, 3.05) is 0 Å². The Hall–Kier alpha value is -1.81. The smallest absolute Gasteiger partial charge is 0.342 e. The molecule has 0 bridgehead atoms. The Morgan fingerprint density at radius 3 is 2.58 bits per heavy atom. The van der Waals surface area contributed by atoms with E-state index in [4.69, 9.17) is 4.74 Å². The van der Waals surface area contributed by atoms with Gasteiger partial charge in [-0.25, -0.2) is 4.79 Å². The number of halogens is 1. The van der Waals surface area contributed by atoms with E-state index in [9.17, 15) is 9.90 Å². The summed E-state index contributed by atoms with van der Waals surface area (Å²) in [5, 5.41) is 9.62. The number of esters is 1. The number of hydrogen-bond donors (Lipinski definition) is 1. The average molecular weight is 321 g/mol. The number of phenols is 1. The summed E-state index contributed by atoms with van der Waals surface area (Å²) in [6.45, 7) is 2.18. The lowest BCUT2D eigenvalue weighted by atomic mass is 10.1. The summed E-state index contributed by atoms with van der Waals surface area (Å²) in [7, 11) is 0. The molecule has 0 saturated carbocycles. The fourth-order valence-corrected chi connectivity index (χ4v) is 1.94. The molecule has 0 unspecified atom stereocenters. The predicted octanol–water partition coefficient (Wildman–Crippen LogP) is 3.82. The van der Waals surface area contributed by atoms with Crippen LogP contribution in [0.5, 0.6) is 5.75 Å². The third kappa shape index (κ3) is 3.58. The SMILES string of the molecule is Cc1ccc(COC(=O)c2cc(Br)ccc2O)cc1. The average Bonchev–Trinajstić information content (AvgIpc) is 2.40. The van der Waals surface area contributed by atoms with E-state index in [1.807, 2.05) is 31.2 Å². The van der Waals surface area contributed by atoms with Gasteiger partial charge in [0.2, 0.25) is 0 Å². The van der Waals surface area contributed by atoms with Crippen molar-refractivity contribution in [2.24, 2.45) is 0 Å². The zero-order valence-electron chi connectivity index (χ0n) is 10.4. The molecule has 19 heavy (non-hydrogen) atoms. The lowest BCUT2D eigenvalue weighted by molar-refractivity contribution is 0.0469. The quantitative estimate of drug-likeness (QED) is 0.874. The first kappa shape index (κ1) is 13.6. The highest BCUT2D eigenvalue weighted by Gasteiger charge is 2.13. The molecule has 0 aliphatic rings. The Kier molecular flexibility index (Phi) is 4.22. The van der Waals surface area contributed by atoms with Crippen molar-refractivity contribution in [2.45, 2.75) is 13.5 Å². The standard InChI is InChI=1S/C15H13BrO3/c1-10-2-4-11(5-3-10)9-19-15(18)13-8-12(16)6-7-14(13)17/h2-8,17H,9H2,1H3. The van der Waals surface area contributed by atoms with Gasteiger partial charge in [-0.05, 0) is 30.7 Å². The molecule has 0 aromatic heterocycles. The molecule has 0 aliphatic carbocycles. The highest BCUT2D eigenvalue weighted by molar-refractivity contribution is 9.10. The number of hydrogen-bond acceptors (Lipinski definition) is 3. The van der Waals surface area contributed by atoms with Gasteiger partial charge in [0.1, 0.15) is 17.9 Å². The number of aryl methyl sites for hydroxylation is 1. The Morgan fingerprint density at radius 2 is 1.89 bits per heavy atom. The van der Waals surface area contributed by atoms with Crippen molar-refractivity contribution >= 4 is 21.9 Å². The van der Waals surface area contributed by atoms with Crippen LogP contribution in [-0.2, 0) is 11.3 Å². The van der Waals surface area contributed by atoms with Gasteiger partial charge in [-0.3, -0.25) is 0 Å². The van der Waals surface area contributed by atoms with Gasteiger partial charge in [0.15, 0.2) is 0 Å². The molecule has 4 heteroatoms. The zero-order valence-corrected chi connectivity index (χ0v) is 12.0. The molecule has 0 fully saturated rings. The van der Waals surface area contributed by atoms with Crippen LogP contribution in [0.2, 0.25) is 0 Å². The van der Waals surface area contributed by atoms with Crippen LogP contribution >= 0.6 is 15.9 Å². The first-order valence-corrected chi connectivity index (χ1v) is 6.57. The maximum atomic E-state index is 11.9. The summed E-state index contributed by atoms with van der Waals surface area (Å²) in [6.07, 6.45) is 0. The summed E-state index contributed by atoms with van der Waals surface area (Å²) in [6, 6.07) is 12.4. The van der Waals surface area contributed by atoms with Crippen molar-refractivity contribution in [3.63, 3.8) is 0 Å². The molecule has 0 saturated heterocycles. The zero-order chi connectivity index (χ0) is 13.8. The summed E-state index contributed by atoms with van der Waals surface area (Å²) >= 11 is 3.25. The highest BCUT2D eigenvalue weighted by atomic mass is 79.9. The van der Waals surface area contributed by atoms with E-state index in [0.717, 1.165) is 11.1 Å². The Balaban J connectivity index is 2.05. The normalized spacial score (nSPS) is 10.2. The number of phenolic OH excluding ortho intramolecular Hbond substituents is 1. The summed E-state index contributed by atoms with van der Waals surface area (Å²) in [5.74, 6) is -0.628. The van der Waals surface area contributed by atoms with Crippen LogP contribution in [0, 0.1) is 6.92 Å². The second kappa shape index (κ2) is 5.89. The van der Waals surface area contributed by atoms with E-state index in [0.29, 0.717) is 4.47 Å². The maximum Gasteiger partial charge on any atom is 0.342 e. The van der Waals surface area contributed by atoms with E-state index in [1.165, 1.54) is 12.1 Å². The Bertz CT molecular complexity index is 591. The molecule has 0 amide bonds. The summed E-state index contributed by atoms with van der Waals surface area (Å²) < 4.78 is 5.89. The van der Waals surface area contributed by atoms with Gasteiger partial charge in [0.05, 0.1) is 0 Å². The summed E-state index contributed by atoms with van der Waals surface area (Å²) in [4.78, 5) is 11.9. The lowest BCUT2D eigenvalue weighted by Gasteiger charge is -2.07. The van der Waals surface area contributed by atoms with E-state index in [-0.39, 0.29) is 17.9 Å². The predicted molar refractivity (Wildman–Crippen MR) is 76.1 cm³/mol. The van der Waals surface area contributed by atoms with Crippen LogP contribution in [-0.4, -0.2) is 11.1 Å². The lowest BCUT2D eigenvalue weighted by Crippen LogP contribution is -2.05. The summed E-state index contributed by atoms with van der Waals surface area (Å²) in [5.41, 5.74) is 2.22. The minimum Gasteiger partial charge on any atom is -0.507 e. The molecule has 2 rings (SSSR count). The molecule has 0 radical (unpaired) electrons. The van der Waals surface area contributed by atoms with Crippen LogP contribution in [0.3, 0.4) is 0 Å². The van der Waals surface area contributed by atoms with Crippen LogP contribution < -0.4 is 0 Å². The van der Waals surface area contributed by atoms with Gasteiger partial charge in [-0.2, -0.15) is 0 Å². The molecule has 0 heterocycles. The van der Waals surface area contributed by atoms with Gasteiger partial charge < -0.3 is 9.84 Å². The van der Waals surface area contributed by atoms with E-state index in [2.05, 4.69) is 15.9 Å². The molecule has 2 aromatic rings. The third-order valence-electron chi connectivity index (χ3n) is 2.67. The van der Waals surface area contributed by atoms with Gasteiger partial charge in [0, 0.05) is 4.47 Å². The molecule has 2 aromatic carbocycles. The van der Waals surface area contributed by atoms with Crippen molar-refractivity contribution in [3.8, 4) is 5.75 Å². The molecule has 0 spiro atoms.